The Morgan fingerprint density at radius 3 is 2.50 bits per heavy atom. The average Bonchev–Trinajstić information content (AvgIpc) is 3.66. The van der Waals surface area contributed by atoms with Gasteiger partial charge in [-0.2, -0.15) is 0 Å². The van der Waals surface area contributed by atoms with Gasteiger partial charge in [0, 0.05) is 45.8 Å². The number of fused-ring (bicyclic) bond motifs is 3. The Labute approximate surface area is 247 Å². The topological polar surface area (TPSA) is 139 Å². The summed E-state index contributed by atoms with van der Waals surface area (Å²) in [4.78, 5) is 43.0. The standard InChI is InChI=1S/C29H34N4O8S/c1-37-11-5-9-30-27(35)16-42-29-32-21-14-25-24(40-18-41-25)13-20(21)28(36)33(29)10-4-2-3-6-26(34)31-15-19-7-8-22-23(12-19)39-17-38-22/h7-8,12-14H,2-6,9-11,15-18H2,1H3,(H,30,35)(H,31,34). The Kier molecular flexibility index (Phi) is 10.0. The number of hydrogen-bond acceptors (Lipinski definition) is 10. The second-order valence-electron chi connectivity index (χ2n) is 9.83. The number of carbonyl (C=O) groups is 2. The minimum atomic E-state index is -0.206. The highest BCUT2D eigenvalue weighted by Crippen LogP contribution is 2.35. The third kappa shape index (κ3) is 7.45. The molecule has 224 valence electrons. The van der Waals surface area contributed by atoms with Crippen LogP contribution in [0, 0.1) is 0 Å². The maximum atomic E-state index is 13.5. The lowest BCUT2D eigenvalue weighted by molar-refractivity contribution is -0.121. The first kappa shape index (κ1) is 29.5. The van der Waals surface area contributed by atoms with E-state index in [9.17, 15) is 14.4 Å². The summed E-state index contributed by atoms with van der Waals surface area (Å²) >= 11 is 1.22. The second kappa shape index (κ2) is 14.3. The molecular formula is C29H34N4O8S. The van der Waals surface area contributed by atoms with Crippen LogP contribution in [-0.2, 0) is 27.4 Å². The number of ether oxygens (including phenoxy) is 5. The van der Waals surface area contributed by atoms with Crippen molar-refractivity contribution >= 4 is 34.5 Å². The van der Waals surface area contributed by atoms with Crippen molar-refractivity contribution in [3.63, 3.8) is 0 Å². The van der Waals surface area contributed by atoms with E-state index in [4.69, 9.17) is 28.7 Å². The van der Waals surface area contributed by atoms with Crippen LogP contribution in [0.2, 0.25) is 0 Å². The number of rotatable bonds is 15. The predicted molar refractivity (Wildman–Crippen MR) is 155 cm³/mol. The van der Waals surface area contributed by atoms with E-state index in [1.54, 1.807) is 23.8 Å². The van der Waals surface area contributed by atoms with Gasteiger partial charge in [0.1, 0.15) is 0 Å². The summed E-state index contributed by atoms with van der Waals surface area (Å²) in [6.45, 7) is 2.20. The lowest BCUT2D eigenvalue weighted by Crippen LogP contribution is -2.28. The molecule has 13 heteroatoms. The van der Waals surface area contributed by atoms with Crippen LogP contribution in [0.4, 0.5) is 0 Å². The maximum absolute atomic E-state index is 13.5. The Morgan fingerprint density at radius 1 is 0.929 bits per heavy atom. The molecule has 0 fully saturated rings. The molecule has 3 aromatic rings. The number of unbranched alkanes of at least 4 members (excludes halogenated alkanes) is 2. The van der Waals surface area contributed by atoms with Crippen molar-refractivity contribution in [2.45, 2.75) is 50.4 Å². The average molecular weight is 599 g/mol. The zero-order valence-electron chi connectivity index (χ0n) is 23.4. The van der Waals surface area contributed by atoms with Crippen LogP contribution in [0.1, 0.15) is 37.7 Å². The molecule has 42 heavy (non-hydrogen) atoms. The SMILES string of the molecule is COCCCNC(=O)CSc1nc2cc3c(cc2c(=O)n1CCCCCC(=O)NCc1ccc2c(c1)OCO2)OCO3. The van der Waals surface area contributed by atoms with Gasteiger partial charge in [-0.15, -0.1) is 0 Å². The molecule has 2 aliphatic rings. The number of aromatic nitrogens is 2. The van der Waals surface area contributed by atoms with E-state index in [1.807, 2.05) is 18.2 Å². The van der Waals surface area contributed by atoms with Gasteiger partial charge in [0.15, 0.2) is 28.2 Å². The van der Waals surface area contributed by atoms with Crippen LogP contribution in [0.25, 0.3) is 10.9 Å². The number of methoxy groups -OCH3 is 1. The highest BCUT2D eigenvalue weighted by Gasteiger charge is 2.20. The lowest BCUT2D eigenvalue weighted by atomic mass is 10.1. The summed E-state index contributed by atoms with van der Waals surface area (Å²) in [6.07, 6.45) is 3.18. The van der Waals surface area contributed by atoms with Gasteiger partial charge in [-0.3, -0.25) is 19.0 Å². The van der Waals surface area contributed by atoms with E-state index in [-0.39, 0.29) is 36.7 Å². The van der Waals surface area contributed by atoms with Crippen LogP contribution in [0.5, 0.6) is 23.0 Å². The van der Waals surface area contributed by atoms with E-state index in [2.05, 4.69) is 10.6 Å². The number of benzene rings is 2. The lowest BCUT2D eigenvalue weighted by Gasteiger charge is -2.14. The third-order valence-corrected chi connectivity index (χ3v) is 7.78. The van der Waals surface area contributed by atoms with Crippen molar-refractivity contribution in [3.8, 4) is 23.0 Å². The number of thioether (sulfide) groups is 1. The molecule has 2 aliphatic heterocycles. The summed E-state index contributed by atoms with van der Waals surface area (Å²) in [7, 11) is 1.62. The van der Waals surface area contributed by atoms with E-state index < -0.39 is 0 Å². The molecule has 1 aromatic heterocycles. The van der Waals surface area contributed by atoms with Crippen LogP contribution in [0.15, 0.2) is 40.3 Å². The van der Waals surface area contributed by atoms with Gasteiger partial charge in [-0.05, 0) is 43.0 Å². The summed E-state index contributed by atoms with van der Waals surface area (Å²) in [5, 5.41) is 6.67. The van der Waals surface area contributed by atoms with Gasteiger partial charge in [0.05, 0.1) is 16.7 Å². The van der Waals surface area contributed by atoms with Crippen molar-refractivity contribution < 1.29 is 33.3 Å². The van der Waals surface area contributed by atoms with Gasteiger partial charge in [-0.25, -0.2) is 4.98 Å². The smallest absolute Gasteiger partial charge is 0.262 e. The molecule has 0 saturated heterocycles. The molecular weight excluding hydrogens is 564 g/mol. The van der Waals surface area contributed by atoms with Gasteiger partial charge in [0.25, 0.3) is 5.56 Å². The van der Waals surface area contributed by atoms with E-state index in [0.29, 0.717) is 84.6 Å². The number of amides is 2. The minimum absolute atomic E-state index is 0.0407. The van der Waals surface area contributed by atoms with Crippen LogP contribution in [-0.4, -0.2) is 61.0 Å². The van der Waals surface area contributed by atoms with Gasteiger partial charge in [-0.1, -0.05) is 24.2 Å². The molecule has 0 spiro atoms. The maximum Gasteiger partial charge on any atom is 0.262 e. The van der Waals surface area contributed by atoms with Crippen molar-refractivity contribution in [2.24, 2.45) is 0 Å². The Hall–Kier alpha value is -3.97. The molecule has 0 aliphatic carbocycles. The molecule has 0 unspecified atom stereocenters. The number of carbonyl (C=O) groups excluding carboxylic acids is 2. The fraction of sp³-hybridized carbons (Fsp3) is 0.448. The quantitative estimate of drug-likeness (QED) is 0.152. The molecule has 0 radical (unpaired) electrons. The molecule has 0 bridgehead atoms. The number of nitrogens with one attached hydrogen (secondary N) is 2. The molecule has 5 rings (SSSR count). The number of hydrogen-bond donors (Lipinski definition) is 2. The first-order valence-electron chi connectivity index (χ1n) is 13.9. The highest BCUT2D eigenvalue weighted by atomic mass is 32.2. The molecule has 3 heterocycles. The normalized spacial score (nSPS) is 13.0. The molecule has 2 amide bonds. The van der Waals surface area contributed by atoms with Crippen LogP contribution < -0.4 is 35.1 Å². The molecule has 2 aromatic carbocycles. The summed E-state index contributed by atoms with van der Waals surface area (Å²) < 4.78 is 28.2. The Morgan fingerprint density at radius 2 is 1.69 bits per heavy atom. The fourth-order valence-electron chi connectivity index (χ4n) is 4.60. The first-order valence-corrected chi connectivity index (χ1v) is 14.9. The molecule has 2 N–H and O–H groups in total. The van der Waals surface area contributed by atoms with Gasteiger partial charge in [0.2, 0.25) is 25.4 Å². The Balaban J connectivity index is 1.15. The molecule has 0 saturated carbocycles. The van der Waals surface area contributed by atoms with Gasteiger partial charge < -0.3 is 34.3 Å². The van der Waals surface area contributed by atoms with E-state index in [1.165, 1.54) is 11.8 Å². The summed E-state index contributed by atoms with van der Waals surface area (Å²) in [5.74, 6) is 2.38. The monoisotopic (exact) mass is 598 g/mol. The van der Waals surface area contributed by atoms with Crippen molar-refractivity contribution in [1.82, 2.24) is 20.2 Å². The fourth-order valence-corrected chi connectivity index (χ4v) is 5.45. The first-order chi connectivity index (χ1) is 20.5. The molecule has 0 atom stereocenters. The summed E-state index contributed by atoms with van der Waals surface area (Å²) in [5.41, 5.74) is 1.22. The zero-order valence-corrected chi connectivity index (χ0v) is 24.3. The minimum Gasteiger partial charge on any atom is -0.454 e. The van der Waals surface area contributed by atoms with E-state index >= 15 is 0 Å². The molecule has 12 nitrogen and oxygen atoms in total. The van der Waals surface area contributed by atoms with Crippen molar-refractivity contribution in [2.75, 3.05) is 39.6 Å². The zero-order chi connectivity index (χ0) is 29.3. The largest absolute Gasteiger partial charge is 0.454 e. The predicted octanol–water partition coefficient (Wildman–Crippen LogP) is 2.98. The van der Waals surface area contributed by atoms with Crippen LogP contribution >= 0.6 is 11.8 Å². The van der Waals surface area contributed by atoms with E-state index in [0.717, 1.165) is 18.4 Å². The van der Waals surface area contributed by atoms with Crippen LogP contribution in [0.3, 0.4) is 0 Å². The highest BCUT2D eigenvalue weighted by molar-refractivity contribution is 7.99. The van der Waals surface area contributed by atoms with Gasteiger partial charge >= 0.3 is 0 Å². The number of nitrogens with zero attached hydrogens (tertiary/aromatic N) is 2. The van der Waals surface area contributed by atoms with Crippen molar-refractivity contribution in [3.05, 3.63) is 46.2 Å². The Bertz CT molecular complexity index is 1490. The second-order valence-corrected chi connectivity index (χ2v) is 10.8. The van der Waals surface area contributed by atoms with Crippen molar-refractivity contribution in [1.29, 1.82) is 0 Å². The third-order valence-electron chi connectivity index (χ3n) is 6.81. The summed E-state index contributed by atoms with van der Waals surface area (Å²) in [6, 6.07) is 8.96.